The number of nitrogens with zero attached hydrogens (tertiary/aromatic N) is 2. The molecule has 0 radical (unpaired) electrons. The molecule has 1 fully saturated rings. The second kappa shape index (κ2) is 5.90. The molecule has 104 valence electrons. The van der Waals surface area contributed by atoms with Crippen LogP contribution in [0.4, 0.5) is 17.5 Å². The van der Waals surface area contributed by atoms with Crippen LogP contribution in [0.15, 0.2) is 36.4 Å². The van der Waals surface area contributed by atoms with Gasteiger partial charge >= 0.3 is 0 Å². The van der Waals surface area contributed by atoms with Gasteiger partial charge in [0, 0.05) is 23.5 Å². The molecule has 0 amide bonds. The summed E-state index contributed by atoms with van der Waals surface area (Å²) in [5, 5.41) is 6.76. The zero-order valence-corrected chi connectivity index (χ0v) is 11.8. The number of benzene rings is 1. The van der Waals surface area contributed by atoms with Crippen molar-refractivity contribution in [3.05, 3.63) is 42.1 Å². The quantitative estimate of drug-likeness (QED) is 0.883. The van der Waals surface area contributed by atoms with E-state index in [0.29, 0.717) is 12.0 Å². The first-order valence-corrected chi connectivity index (χ1v) is 7.24. The van der Waals surface area contributed by atoms with E-state index in [0.717, 1.165) is 17.2 Å². The smallest absolute Gasteiger partial charge is 0.229 e. The Labute approximate surface area is 119 Å². The average Bonchev–Trinajstić information content (AvgIpc) is 2.92. The Hall–Kier alpha value is -2.10. The summed E-state index contributed by atoms with van der Waals surface area (Å²) in [6.45, 7) is 2.00. The molecule has 0 spiro atoms. The Balaban J connectivity index is 1.75. The molecule has 0 atom stereocenters. The molecule has 20 heavy (non-hydrogen) atoms. The minimum absolute atomic E-state index is 0.564. The summed E-state index contributed by atoms with van der Waals surface area (Å²) in [6.07, 6.45) is 5.11. The van der Waals surface area contributed by atoms with Gasteiger partial charge in [-0.1, -0.05) is 31.0 Å². The third kappa shape index (κ3) is 3.26. The van der Waals surface area contributed by atoms with E-state index in [2.05, 4.69) is 20.6 Å². The first-order valence-electron chi connectivity index (χ1n) is 7.24. The lowest BCUT2D eigenvalue weighted by Gasteiger charge is -2.14. The van der Waals surface area contributed by atoms with Crippen LogP contribution in [0.2, 0.25) is 0 Å². The number of anilines is 3. The molecule has 4 nitrogen and oxygen atoms in total. The van der Waals surface area contributed by atoms with Crippen LogP contribution in [0.1, 0.15) is 31.4 Å². The van der Waals surface area contributed by atoms with Crippen molar-refractivity contribution in [1.29, 1.82) is 0 Å². The van der Waals surface area contributed by atoms with Crippen LogP contribution >= 0.6 is 0 Å². The summed E-state index contributed by atoms with van der Waals surface area (Å²) in [6, 6.07) is 12.6. The second-order valence-corrected chi connectivity index (χ2v) is 5.33. The van der Waals surface area contributed by atoms with E-state index < -0.39 is 0 Å². The fourth-order valence-electron chi connectivity index (χ4n) is 2.63. The van der Waals surface area contributed by atoms with Gasteiger partial charge < -0.3 is 10.6 Å². The van der Waals surface area contributed by atoms with Crippen LogP contribution in [0, 0.1) is 6.92 Å². The summed E-state index contributed by atoms with van der Waals surface area (Å²) in [5.41, 5.74) is 1.98. The predicted molar refractivity (Wildman–Crippen MR) is 82.4 cm³/mol. The number of para-hydroxylation sites is 1. The monoisotopic (exact) mass is 268 g/mol. The van der Waals surface area contributed by atoms with E-state index in [-0.39, 0.29) is 0 Å². The zero-order valence-electron chi connectivity index (χ0n) is 11.8. The zero-order chi connectivity index (χ0) is 13.8. The Morgan fingerprint density at radius 1 is 1.05 bits per heavy atom. The molecule has 1 aliphatic carbocycles. The number of nitrogens with one attached hydrogen (secondary N) is 2. The summed E-state index contributed by atoms with van der Waals surface area (Å²) < 4.78 is 0. The van der Waals surface area contributed by atoms with Gasteiger partial charge in [-0.2, -0.15) is 4.98 Å². The topological polar surface area (TPSA) is 49.8 Å². The van der Waals surface area contributed by atoms with Gasteiger partial charge in [0.05, 0.1) is 0 Å². The van der Waals surface area contributed by atoms with Crippen LogP contribution in [-0.2, 0) is 0 Å². The van der Waals surface area contributed by atoms with Crippen molar-refractivity contribution in [2.45, 2.75) is 38.6 Å². The lowest BCUT2D eigenvalue weighted by atomic mass is 10.2. The van der Waals surface area contributed by atoms with E-state index in [1.807, 2.05) is 43.3 Å². The predicted octanol–water partition coefficient (Wildman–Crippen LogP) is 3.88. The van der Waals surface area contributed by atoms with Crippen LogP contribution in [0.25, 0.3) is 0 Å². The molecule has 1 saturated carbocycles. The normalized spacial score (nSPS) is 15.2. The summed E-state index contributed by atoms with van der Waals surface area (Å²) in [4.78, 5) is 9.00. The van der Waals surface area contributed by atoms with Crippen molar-refractivity contribution in [1.82, 2.24) is 9.97 Å². The van der Waals surface area contributed by atoms with Gasteiger partial charge in [0.2, 0.25) is 5.95 Å². The minimum Gasteiger partial charge on any atom is -0.367 e. The Morgan fingerprint density at radius 2 is 1.80 bits per heavy atom. The standard InChI is InChI=1S/C16H20N4/c1-12-11-15(18-13-9-5-6-10-13)20-16(17-12)19-14-7-3-2-4-8-14/h2-4,7-8,11,13H,5-6,9-10H2,1H3,(H2,17,18,19,20). The molecule has 1 aromatic heterocycles. The van der Waals surface area contributed by atoms with Crippen LogP contribution in [0.3, 0.4) is 0 Å². The molecule has 2 N–H and O–H groups in total. The Kier molecular flexibility index (Phi) is 3.81. The highest BCUT2D eigenvalue weighted by molar-refractivity contribution is 5.55. The van der Waals surface area contributed by atoms with Crippen molar-refractivity contribution >= 4 is 17.5 Å². The summed E-state index contributed by atoms with van der Waals surface area (Å²) >= 11 is 0. The number of aryl methyl sites for hydroxylation is 1. The molecule has 0 bridgehead atoms. The molecule has 0 saturated heterocycles. The lowest BCUT2D eigenvalue weighted by Crippen LogP contribution is -2.16. The van der Waals surface area contributed by atoms with E-state index >= 15 is 0 Å². The van der Waals surface area contributed by atoms with Crippen molar-refractivity contribution < 1.29 is 0 Å². The van der Waals surface area contributed by atoms with E-state index in [4.69, 9.17) is 0 Å². The molecule has 1 aliphatic rings. The fraction of sp³-hybridized carbons (Fsp3) is 0.375. The highest BCUT2D eigenvalue weighted by atomic mass is 15.1. The number of hydrogen-bond donors (Lipinski definition) is 2. The van der Waals surface area contributed by atoms with Gasteiger partial charge in [-0.15, -0.1) is 0 Å². The van der Waals surface area contributed by atoms with Crippen LogP contribution in [0.5, 0.6) is 0 Å². The molecular formula is C16H20N4. The molecule has 0 unspecified atom stereocenters. The largest absolute Gasteiger partial charge is 0.367 e. The summed E-state index contributed by atoms with van der Waals surface area (Å²) in [5.74, 6) is 1.57. The van der Waals surface area contributed by atoms with Crippen molar-refractivity contribution in [3.8, 4) is 0 Å². The first kappa shape index (κ1) is 12.9. The van der Waals surface area contributed by atoms with Crippen LogP contribution < -0.4 is 10.6 Å². The Bertz CT molecular complexity index is 562. The van der Waals surface area contributed by atoms with Gasteiger partial charge in [-0.05, 0) is 31.9 Å². The maximum Gasteiger partial charge on any atom is 0.229 e. The first-order chi connectivity index (χ1) is 9.79. The van der Waals surface area contributed by atoms with Gasteiger partial charge in [-0.25, -0.2) is 4.98 Å². The van der Waals surface area contributed by atoms with Crippen LogP contribution in [-0.4, -0.2) is 16.0 Å². The maximum atomic E-state index is 4.56. The molecule has 1 heterocycles. The molecule has 2 aromatic rings. The lowest BCUT2D eigenvalue weighted by molar-refractivity contribution is 0.749. The third-order valence-electron chi connectivity index (χ3n) is 3.59. The summed E-state index contributed by atoms with van der Waals surface area (Å²) in [7, 11) is 0. The molecular weight excluding hydrogens is 248 g/mol. The highest BCUT2D eigenvalue weighted by Crippen LogP contribution is 2.22. The number of aromatic nitrogens is 2. The molecule has 0 aliphatic heterocycles. The third-order valence-corrected chi connectivity index (χ3v) is 3.59. The molecule has 1 aromatic carbocycles. The van der Waals surface area contributed by atoms with Crippen molar-refractivity contribution in [2.24, 2.45) is 0 Å². The van der Waals surface area contributed by atoms with E-state index in [1.54, 1.807) is 0 Å². The fourth-order valence-corrected chi connectivity index (χ4v) is 2.63. The van der Waals surface area contributed by atoms with Gasteiger partial charge in [0.15, 0.2) is 0 Å². The van der Waals surface area contributed by atoms with Crippen molar-refractivity contribution in [3.63, 3.8) is 0 Å². The number of rotatable bonds is 4. The Morgan fingerprint density at radius 3 is 2.55 bits per heavy atom. The van der Waals surface area contributed by atoms with Crippen molar-refractivity contribution in [2.75, 3.05) is 10.6 Å². The second-order valence-electron chi connectivity index (χ2n) is 5.33. The van der Waals surface area contributed by atoms with Gasteiger partial charge in [-0.3, -0.25) is 0 Å². The highest BCUT2D eigenvalue weighted by Gasteiger charge is 2.15. The number of hydrogen-bond acceptors (Lipinski definition) is 4. The molecule has 3 rings (SSSR count). The van der Waals surface area contributed by atoms with E-state index in [9.17, 15) is 0 Å². The van der Waals surface area contributed by atoms with E-state index in [1.165, 1.54) is 25.7 Å². The SMILES string of the molecule is Cc1cc(NC2CCCC2)nc(Nc2ccccc2)n1. The van der Waals surface area contributed by atoms with Gasteiger partial charge in [0.25, 0.3) is 0 Å². The molecule has 4 heteroatoms. The average molecular weight is 268 g/mol. The maximum absolute atomic E-state index is 4.56. The minimum atomic E-state index is 0.564. The van der Waals surface area contributed by atoms with Gasteiger partial charge in [0.1, 0.15) is 5.82 Å².